The normalized spacial score (nSPS) is 12.6. The second kappa shape index (κ2) is 8.55. The van der Waals surface area contributed by atoms with Gasteiger partial charge in [0.1, 0.15) is 5.82 Å². The maximum atomic E-state index is 12.7. The lowest BCUT2D eigenvalue weighted by atomic mass is 10.1. The maximum absolute atomic E-state index is 12.7. The van der Waals surface area contributed by atoms with Crippen molar-refractivity contribution in [3.63, 3.8) is 0 Å². The standard InChI is InChI=1S/C20H21ClN4O4S/c1-4-24(5-2)30(28,29)15-8-9-17-18(12-15)23-20(22-17)16(21)10-14-7-6-13(3)19(11-14)25(26)27/h6-12H,4-5H2,1-3H3,(H,22,23)/b16-10-. The molecule has 1 N–H and O–H groups in total. The van der Waals surface area contributed by atoms with E-state index in [1.807, 2.05) is 0 Å². The van der Waals surface area contributed by atoms with E-state index in [2.05, 4.69) is 9.97 Å². The van der Waals surface area contributed by atoms with Crippen LogP contribution in [0.2, 0.25) is 0 Å². The summed E-state index contributed by atoms with van der Waals surface area (Å²) in [5, 5.41) is 11.4. The number of hydrogen-bond donors (Lipinski definition) is 1. The van der Waals surface area contributed by atoms with Crippen LogP contribution >= 0.6 is 11.6 Å². The summed E-state index contributed by atoms with van der Waals surface area (Å²) in [7, 11) is -3.60. The number of H-pyrrole nitrogens is 1. The highest BCUT2D eigenvalue weighted by Crippen LogP contribution is 2.27. The van der Waals surface area contributed by atoms with Crippen LogP contribution in [0.3, 0.4) is 0 Å². The Morgan fingerprint density at radius 2 is 1.93 bits per heavy atom. The van der Waals surface area contributed by atoms with Crippen LogP contribution in [0.5, 0.6) is 0 Å². The molecule has 0 bridgehead atoms. The zero-order valence-corrected chi connectivity index (χ0v) is 18.3. The lowest BCUT2D eigenvalue weighted by Gasteiger charge is -2.18. The highest BCUT2D eigenvalue weighted by molar-refractivity contribution is 7.89. The number of nitrogens with one attached hydrogen (secondary N) is 1. The van der Waals surface area contributed by atoms with Crippen molar-refractivity contribution in [3.05, 3.63) is 63.5 Å². The minimum absolute atomic E-state index is 0.00377. The van der Waals surface area contributed by atoms with Gasteiger partial charge in [-0.15, -0.1) is 0 Å². The van der Waals surface area contributed by atoms with Gasteiger partial charge in [0.05, 0.1) is 25.9 Å². The Bertz CT molecular complexity index is 1250. The van der Waals surface area contributed by atoms with E-state index in [0.29, 0.717) is 41.1 Å². The number of aromatic nitrogens is 2. The summed E-state index contributed by atoms with van der Waals surface area (Å²) >= 11 is 6.38. The van der Waals surface area contributed by atoms with Gasteiger partial charge in [-0.25, -0.2) is 13.4 Å². The van der Waals surface area contributed by atoms with E-state index in [0.717, 1.165) is 0 Å². The second-order valence-corrected chi connectivity index (χ2v) is 8.99. The molecule has 0 fully saturated rings. The molecule has 0 spiro atoms. The molecule has 1 heterocycles. The zero-order valence-electron chi connectivity index (χ0n) is 16.7. The molecule has 0 atom stereocenters. The number of nitro groups is 1. The van der Waals surface area contributed by atoms with Crippen LogP contribution in [0.4, 0.5) is 5.69 Å². The predicted molar refractivity (Wildman–Crippen MR) is 118 cm³/mol. The molecular formula is C20H21ClN4O4S. The average molecular weight is 449 g/mol. The number of benzene rings is 2. The smallest absolute Gasteiger partial charge is 0.272 e. The maximum Gasteiger partial charge on any atom is 0.272 e. The van der Waals surface area contributed by atoms with Crippen LogP contribution < -0.4 is 0 Å². The third kappa shape index (κ3) is 4.23. The number of imidazole rings is 1. The largest absolute Gasteiger partial charge is 0.337 e. The van der Waals surface area contributed by atoms with Crippen LogP contribution in [-0.4, -0.2) is 40.7 Å². The monoisotopic (exact) mass is 448 g/mol. The van der Waals surface area contributed by atoms with Crippen LogP contribution in [0.15, 0.2) is 41.3 Å². The van der Waals surface area contributed by atoms with E-state index < -0.39 is 14.9 Å². The van der Waals surface area contributed by atoms with E-state index in [-0.39, 0.29) is 15.6 Å². The minimum Gasteiger partial charge on any atom is -0.337 e. The first-order valence-corrected chi connectivity index (χ1v) is 11.1. The number of hydrogen-bond acceptors (Lipinski definition) is 5. The van der Waals surface area contributed by atoms with Gasteiger partial charge in [0.15, 0.2) is 0 Å². The lowest BCUT2D eigenvalue weighted by Crippen LogP contribution is -2.30. The molecule has 0 unspecified atom stereocenters. The van der Waals surface area contributed by atoms with Gasteiger partial charge in [-0.3, -0.25) is 10.1 Å². The lowest BCUT2D eigenvalue weighted by molar-refractivity contribution is -0.385. The second-order valence-electron chi connectivity index (χ2n) is 6.65. The Labute approximate surface area is 179 Å². The van der Waals surface area contributed by atoms with Crippen LogP contribution in [0.1, 0.15) is 30.8 Å². The highest BCUT2D eigenvalue weighted by atomic mass is 35.5. The number of aryl methyl sites for hydroxylation is 1. The predicted octanol–water partition coefficient (Wildman–Crippen LogP) is 4.55. The van der Waals surface area contributed by atoms with Crippen LogP contribution in [-0.2, 0) is 10.0 Å². The molecule has 0 radical (unpaired) electrons. The van der Waals surface area contributed by atoms with E-state index in [1.165, 1.54) is 22.5 Å². The Hall–Kier alpha value is -2.75. The Morgan fingerprint density at radius 1 is 1.23 bits per heavy atom. The minimum atomic E-state index is -3.60. The molecule has 0 aliphatic heterocycles. The number of halogens is 1. The SMILES string of the molecule is CCN(CC)S(=O)(=O)c1ccc2nc(/C(Cl)=C/c3ccc(C)c([N+](=O)[O-])c3)[nH]c2c1. The van der Waals surface area contributed by atoms with Gasteiger partial charge in [-0.05, 0) is 36.8 Å². The van der Waals surface area contributed by atoms with Gasteiger partial charge in [0.25, 0.3) is 5.69 Å². The average Bonchev–Trinajstić information content (AvgIpc) is 3.13. The van der Waals surface area contributed by atoms with Crippen molar-refractivity contribution in [3.8, 4) is 0 Å². The quantitative estimate of drug-likeness (QED) is 0.421. The third-order valence-corrected chi connectivity index (χ3v) is 7.08. The third-order valence-electron chi connectivity index (χ3n) is 4.75. The molecule has 1 aromatic heterocycles. The fourth-order valence-corrected chi connectivity index (χ4v) is 4.80. The summed E-state index contributed by atoms with van der Waals surface area (Å²) in [6.07, 6.45) is 1.57. The van der Waals surface area contributed by atoms with Gasteiger partial charge < -0.3 is 4.98 Å². The first-order valence-electron chi connectivity index (χ1n) is 9.30. The van der Waals surface area contributed by atoms with E-state index >= 15 is 0 Å². The summed E-state index contributed by atoms with van der Waals surface area (Å²) in [6, 6.07) is 9.48. The Kier molecular flexibility index (Phi) is 6.25. The molecule has 0 amide bonds. The van der Waals surface area contributed by atoms with Crippen molar-refractivity contribution in [2.45, 2.75) is 25.7 Å². The molecule has 0 saturated carbocycles. The summed E-state index contributed by atoms with van der Waals surface area (Å²) in [6.45, 7) is 5.99. The van der Waals surface area contributed by atoms with E-state index in [9.17, 15) is 18.5 Å². The number of rotatable bonds is 7. The van der Waals surface area contributed by atoms with Crippen molar-refractivity contribution in [2.75, 3.05) is 13.1 Å². The summed E-state index contributed by atoms with van der Waals surface area (Å²) in [4.78, 5) is 18.3. The number of nitro benzene ring substituents is 1. The van der Waals surface area contributed by atoms with Crippen molar-refractivity contribution in [1.29, 1.82) is 0 Å². The molecule has 30 heavy (non-hydrogen) atoms. The van der Waals surface area contributed by atoms with Crippen LogP contribution in [0, 0.1) is 17.0 Å². The van der Waals surface area contributed by atoms with Crippen molar-refractivity contribution >= 4 is 49.5 Å². The number of fused-ring (bicyclic) bond motifs is 1. The van der Waals surface area contributed by atoms with Gasteiger partial charge in [0.2, 0.25) is 10.0 Å². The summed E-state index contributed by atoms with van der Waals surface area (Å²) < 4.78 is 26.8. The Balaban J connectivity index is 1.99. The van der Waals surface area contributed by atoms with Gasteiger partial charge in [-0.2, -0.15) is 4.31 Å². The van der Waals surface area contributed by atoms with Crippen molar-refractivity contribution in [2.24, 2.45) is 0 Å². The Morgan fingerprint density at radius 3 is 2.57 bits per heavy atom. The van der Waals surface area contributed by atoms with E-state index in [1.54, 1.807) is 45.0 Å². The van der Waals surface area contributed by atoms with Crippen molar-refractivity contribution < 1.29 is 13.3 Å². The topological polar surface area (TPSA) is 109 Å². The molecule has 3 aromatic rings. The van der Waals surface area contributed by atoms with Gasteiger partial charge in [0, 0.05) is 24.7 Å². The summed E-state index contributed by atoms with van der Waals surface area (Å²) in [5.74, 6) is 0.340. The number of aromatic amines is 1. The molecule has 3 rings (SSSR count). The molecule has 8 nitrogen and oxygen atoms in total. The highest BCUT2D eigenvalue weighted by Gasteiger charge is 2.22. The van der Waals surface area contributed by atoms with Gasteiger partial charge >= 0.3 is 0 Å². The fourth-order valence-electron chi connectivity index (χ4n) is 3.10. The van der Waals surface area contributed by atoms with E-state index in [4.69, 9.17) is 11.6 Å². The van der Waals surface area contributed by atoms with Crippen LogP contribution in [0.25, 0.3) is 22.1 Å². The summed E-state index contributed by atoms with van der Waals surface area (Å²) in [5.41, 5.74) is 2.20. The first kappa shape index (κ1) is 21.9. The van der Waals surface area contributed by atoms with Crippen molar-refractivity contribution in [1.82, 2.24) is 14.3 Å². The first-order chi connectivity index (χ1) is 14.2. The molecule has 0 saturated heterocycles. The fraction of sp³-hybridized carbons (Fsp3) is 0.250. The molecular weight excluding hydrogens is 428 g/mol. The number of nitrogens with zero attached hydrogens (tertiary/aromatic N) is 3. The van der Waals surface area contributed by atoms with Gasteiger partial charge in [-0.1, -0.05) is 37.6 Å². The molecule has 158 valence electrons. The molecule has 2 aromatic carbocycles. The number of sulfonamides is 1. The zero-order chi connectivity index (χ0) is 22.1. The molecule has 0 aliphatic rings. The molecule has 10 heteroatoms. The molecule has 0 aliphatic carbocycles.